The third kappa shape index (κ3) is 14.5. The van der Waals surface area contributed by atoms with Crippen molar-refractivity contribution in [2.45, 2.75) is 6.42 Å². The minimum Gasteiger partial charge on any atom is -0.308 e. The van der Waals surface area contributed by atoms with E-state index in [0.717, 1.165) is 78.8 Å². The minimum atomic E-state index is -0.464. The molecular weight excluding hydrogens is 1570 g/mol. The molecule has 1 aliphatic rings. The average Bonchev–Trinajstić information content (AvgIpc) is 1.56. The Morgan fingerprint density at radius 3 is 0.960 bits per heavy atom. The fourth-order valence-electron chi connectivity index (χ4n) is 16.6. The molecule has 0 spiro atoms. The minimum absolute atomic E-state index is 0.215. The molecule has 23 aromatic rings. The summed E-state index contributed by atoms with van der Waals surface area (Å²) in [5.74, 6) is 5.52. The molecule has 0 atom stereocenters. The van der Waals surface area contributed by atoms with Crippen LogP contribution in [0.2, 0.25) is 0 Å². The quantitative estimate of drug-likeness (QED) is 0.108. The van der Waals surface area contributed by atoms with Crippen LogP contribution in [0.25, 0.3) is 216 Å². The summed E-state index contributed by atoms with van der Waals surface area (Å²) in [5.41, 5.74) is 18.3. The highest BCUT2D eigenvalue weighted by atomic mass is 32.1. The van der Waals surface area contributed by atoms with E-state index in [1.54, 1.807) is 12.1 Å². The Labute approximate surface area is 725 Å². The number of thiophene rings is 2. The van der Waals surface area contributed by atoms with Crippen molar-refractivity contribution in [1.29, 1.82) is 0 Å². The fourth-order valence-corrected chi connectivity index (χ4v) is 18.8. The van der Waals surface area contributed by atoms with Crippen LogP contribution in [-0.2, 0) is 6.42 Å². The third-order valence-corrected chi connectivity index (χ3v) is 24.7. The van der Waals surface area contributed by atoms with Gasteiger partial charge in [-0.1, -0.05) is 328 Å². The van der Waals surface area contributed by atoms with Crippen LogP contribution >= 0.6 is 22.7 Å². The lowest BCUT2D eigenvalue weighted by Gasteiger charge is -2.16. The first-order chi connectivity index (χ1) is 61.9. The second-order valence-electron chi connectivity index (χ2n) is 30.3. The molecule has 0 N–H and O–H groups in total. The maximum absolute atomic E-state index is 15.6. The molecule has 7 aromatic heterocycles. The number of hydrogen-bond acceptors (Lipinski definition) is 14. The Morgan fingerprint density at radius 2 is 0.528 bits per heavy atom. The highest BCUT2D eigenvalue weighted by Gasteiger charge is 2.27. The maximum atomic E-state index is 15.6. The number of para-hydroxylation sites is 1. The van der Waals surface area contributed by atoms with Gasteiger partial charge in [-0.25, -0.2) is 64.2 Å². The van der Waals surface area contributed by atoms with E-state index < -0.39 is 5.82 Å². The number of hydrogen-bond donors (Lipinski definition) is 0. The van der Waals surface area contributed by atoms with E-state index in [1.165, 1.54) is 79.4 Å². The third-order valence-electron chi connectivity index (χ3n) is 22.5. The molecule has 0 aliphatic heterocycles. The van der Waals surface area contributed by atoms with Gasteiger partial charge in [0, 0.05) is 112 Å². The van der Waals surface area contributed by atoms with E-state index in [1.807, 2.05) is 265 Å². The Kier molecular flexibility index (Phi) is 19.6. The number of aromatic nitrogens is 13. The molecule has 16 aromatic carbocycles. The van der Waals surface area contributed by atoms with Crippen LogP contribution in [0.1, 0.15) is 11.1 Å². The van der Waals surface area contributed by atoms with E-state index in [4.69, 9.17) is 59.8 Å². The van der Waals surface area contributed by atoms with E-state index in [2.05, 4.69) is 144 Å². The summed E-state index contributed by atoms with van der Waals surface area (Å²) in [4.78, 5) is 59.4. The summed E-state index contributed by atoms with van der Waals surface area (Å²) in [6.45, 7) is 0. The number of fused-ring (bicyclic) bond motifs is 14. The first-order valence-electron chi connectivity index (χ1n) is 41.1. The maximum Gasteiger partial charge on any atom is 0.167 e. The normalized spacial score (nSPS) is 11.5. The zero-order valence-corrected chi connectivity index (χ0v) is 68.5. The average molecular weight is 1640 g/mol. The molecule has 125 heavy (non-hydrogen) atoms. The Balaban J connectivity index is 0.000000126. The molecule has 0 unspecified atom stereocenters. The van der Waals surface area contributed by atoms with Gasteiger partial charge < -0.3 is 4.57 Å². The van der Waals surface area contributed by atoms with Crippen molar-refractivity contribution < 1.29 is 4.39 Å². The number of benzene rings is 16. The van der Waals surface area contributed by atoms with Gasteiger partial charge in [-0.2, -0.15) is 0 Å². The van der Waals surface area contributed by atoms with Crippen LogP contribution in [-0.4, -0.2) is 64.4 Å². The van der Waals surface area contributed by atoms with Crippen LogP contribution < -0.4 is 0 Å². The van der Waals surface area contributed by atoms with Crippen molar-refractivity contribution in [3.63, 3.8) is 0 Å². The molecule has 0 saturated heterocycles. The van der Waals surface area contributed by atoms with Gasteiger partial charge in [0.05, 0.1) is 22.3 Å². The van der Waals surface area contributed by atoms with Crippen molar-refractivity contribution in [3.8, 4) is 153 Å². The van der Waals surface area contributed by atoms with Gasteiger partial charge in [-0.05, 0) is 101 Å². The molecule has 0 bridgehead atoms. The molecule has 0 saturated carbocycles. The molecule has 7 heterocycles. The Bertz CT molecular complexity index is 7770. The lowest BCUT2D eigenvalue weighted by Crippen LogP contribution is -2.05. The SMILES string of the molecule is Fc1ccc(-c2nc(-c3ccccc3)nc(-c3ccccc3)n2)cc1-c1nc(-c2ccccc2)nc(-c2ccccc2)n1.c1ccc(-c2nc(-c3ccccc3)nc(-c3ccc(-n4c5ccccc5c5c6c(ccc54)sc4ccccc46)c(-c4nc(-c5ccccc5)nc(-c5ccccc5)n4)c3)n2)cc1.c1ccc2c(c1)Cc1ccc3sc4ccccc4c3c1-2. The van der Waals surface area contributed by atoms with Gasteiger partial charge in [0.15, 0.2) is 69.9 Å². The van der Waals surface area contributed by atoms with Crippen LogP contribution in [0.3, 0.4) is 0 Å². The second-order valence-corrected chi connectivity index (χ2v) is 32.4. The van der Waals surface area contributed by atoms with E-state index in [-0.39, 0.29) is 11.4 Å². The number of halogens is 1. The van der Waals surface area contributed by atoms with Crippen molar-refractivity contribution in [2.75, 3.05) is 0 Å². The number of rotatable bonds is 13. The monoisotopic (exact) mass is 1640 g/mol. The van der Waals surface area contributed by atoms with Crippen LogP contribution in [0, 0.1) is 5.82 Å². The highest BCUT2D eigenvalue weighted by Crippen LogP contribution is 2.49. The first kappa shape index (κ1) is 75.0. The van der Waals surface area contributed by atoms with E-state index in [9.17, 15) is 0 Å². The van der Waals surface area contributed by atoms with Crippen molar-refractivity contribution in [1.82, 2.24) is 64.4 Å². The fraction of sp³-hybridized carbons (Fsp3) is 0.00917. The predicted molar refractivity (Wildman–Crippen MR) is 506 cm³/mol. The summed E-state index contributed by atoms with van der Waals surface area (Å²) in [6, 6.07) is 134. The van der Waals surface area contributed by atoms with Crippen LogP contribution in [0.5, 0.6) is 0 Å². The molecule has 16 heteroatoms. The van der Waals surface area contributed by atoms with Gasteiger partial charge in [-0.3, -0.25) is 0 Å². The topological polar surface area (TPSA) is 160 Å². The summed E-state index contributed by atoms with van der Waals surface area (Å²) in [5, 5.41) is 7.77. The molecule has 24 rings (SSSR count). The Morgan fingerprint density at radius 1 is 0.208 bits per heavy atom. The molecule has 588 valence electrons. The van der Waals surface area contributed by atoms with Gasteiger partial charge in [0.25, 0.3) is 0 Å². The summed E-state index contributed by atoms with van der Waals surface area (Å²) < 4.78 is 23.3. The Hall–Kier alpha value is -16.3. The van der Waals surface area contributed by atoms with Gasteiger partial charge in [-0.15, -0.1) is 22.7 Å². The predicted octanol–water partition coefficient (Wildman–Crippen LogP) is 27.3. The summed E-state index contributed by atoms with van der Waals surface area (Å²) in [6.07, 6.45) is 1.08. The highest BCUT2D eigenvalue weighted by molar-refractivity contribution is 7.26. The number of nitrogens with zero attached hydrogens (tertiary/aromatic N) is 13. The lowest BCUT2D eigenvalue weighted by atomic mass is 9.99. The van der Waals surface area contributed by atoms with E-state index >= 15 is 4.39 Å². The largest absolute Gasteiger partial charge is 0.308 e. The zero-order chi connectivity index (χ0) is 83.1. The van der Waals surface area contributed by atoms with Crippen molar-refractivity contribution in [2.24, 2.45) is 0 Å². The first-order valence-corrected chi connectivity index (χ1v) is 42.8. The summed E-state index contributed by atoms with van der Waals surface area (Å²) >= 11 is 3.73. The van der Waals surface area contributed by atoms with Crippen LogP contribution in [0.15, 0.2) is 400 Å². The lowest BCUT2D eigenvalue weighted by molar-refractivity contribution is 0.630. The van der Waals surface area contributed by atoms with Crippen molar-refractivity contribution in [3.05, 3.63) is 417 Å². The zero-order valence-electron chi connectivity index (χ0n) is 66.8. The molecule has 13 nitrogen and oxygen atoms in total. The molecule has 0 fully saturated rings. The molecule has 1 aliphatic carbocycles. The standard InChI is InChI=1S/C54H33N7S.C36H23FN6.C19H12S/c1-5-17-34(18-6-1)49-55-50(35-19-7-2-8-20-35)58-53(57-49)38-29-30-43(41(33-38)54-59-51(36-21-9-3-10-22-36)56-52(60-54)37-23-11-4-12-24-37)61-42-27-15-13-25-39(42)47-44(61)31-32-46-48(47)40-26-14-16-28-45(40)62-46;37-30-22-21-28(35-40-31(24-13-5-1-6-14-24)38-32(41-35)25-15-7-2-8-16-25)23-29(30)36-42-33(26-17-9-3-10-18-26)39-34(43-36)27-19-11-4-12-20-27;1-2-6-14-12(5-1)11-13-9-10-17-19(18(13)14)15-7-3-4-8-16(15)20-17/h1-33H;1-23H;1-10H,11H2. The van der Waals surface area contributed by atoms with Gasteiger partial charge in [0.1, 0.15) is 5.82 Å². The van der Waals surface area contributed by atoms with E-state index in [0.29, 0.717) is 69.6 Å². The summed E-state index contributed by atoms with van der Waals surface area (Å²) in [7, 11) is 0. The smallest absolute Gasteiger partial charge is 0.167 e. The molecule has 0 radical (unpaired) electrons. The van der Waals surface area contributed by atoms with Crippen molar-refractivity contribution >= 4 is 84.8 Å². The van der Waals surface area contributed by atoms with Gasteiger partial charge in [0.2, 0.25) is 0 Å². The van der Waals surface area contributed by atoms with Crippen LogP contribution in [0.4, 0.5) is 4.39 Å². The molecule has 0 amide bonds. The molecular formula is C109H68FN13S2. The second kappa shape index (κ2) is 32.7. The van der Waals surface area contributed by atoms with Gasteiger partial charge >= 0.3 is 0 Å².